The highest BCUT2D eigenvalue weighted by atomic mass is 19.3. The minimum atomic E-state index is -3.49. The lowest BCUT2D eigenvalue weighted by Gasteiger charge is -2.11. The van der Waals surface area contributed by atoms with E-state index < -0.39 is 11.9 Å². The molecule has 0 N–H and O–H groups in total. The number of ether oxygens (including phenoxy) is 1. The summed E-state index contributed by atoms with van der Waals surface area (Å²) >= 11 is 0. The number of benzene rings is 2. The van der Waals surface area contributed by atoms with Crippen molar-refractivity contribution in [3.63, 3.8) is 0 Å². The van der Waals surface area contributed by atoms with E-state index in [1.54, 1.807) is 18.2 Å². The number of rotatable bonds is 2. The standard InChI is InChI=1S/C13H10F2O2/c1-13(14,15)12(16)17-11-8-4-6-9-5-2-3-7-10(9)11/h2-8H,1H3. The van der Waals surface area contributed by atoms with E-state index in [0.717, 1.165) is 5.39 Å². The Labute approximate surface area is 96.8 Å². The van der Waals surface area contributed by atoms with Crippen molar-refractivity contribution in [2.75, 3.05) is 0 Å². The molecular formula is C13H10F2O2. The zero-order chi connectivity index (χ0) is 12.5. The second-order valence-corrected chi connectivity index (χ2v) is 3.76. The van der Waals surface area contributed by atoms with Gasteiger partial charge in [0.2, 0.25) is 0 Å². The van der Waals surface area contributed by atoms with E-state index in [4.69, 9.17) is 4.74 Å². The van der Waals surface area contributed by atoms with Crippen molar-refractivity contribution in [2.45, 2.75) is 12.8 Å². The lowest BCUT2D eigenvalue weighted by atomic mass is 10.1. The second-order valence-electron chi connectivity index (χ2n) is 3.76. The first-order valence-corrected chi connectivity index (χ1v) is 5.06. The molecule has 0 atom stereocenters. The van der Waals surface area contributed by atoms with Crippen molar-refractivity contribution in [2.24, 2.45) is 0 Å². The first kappa shape index (κ1) is 11.5. The number of esters is 1. The zero-order valence-electron chi connectivity index (χ0n) is 9.11. The molecule has 0 radical (unpaired) electrons. The molecule has 2 nitrogen and oxygen atoms in total. The molecule has 0 heterocycles. The van der Waals surface area contributed by atoms with E-state index in [1.807, 2.05) is 18.2 Å². The minimum absolute atomic E-state index is 0.148. The average molecular weight is 236 g/mol. The van der Waals surface area contributed by atoms with Crippen molar-refractivity contribution in [3.8, 4) is 5.75 Å². The van der Waals surface area contributed by atoms with Gasteiger partial charge in [-0.2, -0.15) is 8.78 Å². The van der Waals surface area contributed by atoms with Crippen LogP contribution in [0.5, 0.6) is 5.75 Å². The highest BCUT2D eigenvalue weighted by Gasteiger charge is 2.34. The molecule has 0 bridgehead atoms. The topological polar surface area (TPSA) is 26.3 Å². The number of hydrogen-bond donors (Lipinski definition) is 0. The number of hydrogen-bond acceptors (Lipinski definition) is 2. The molecule has 17 heavy (non-hydrogen) atoms. The molecule has 0 unspecified atom stereocenters. The monoisotopic (exact) mass is 236 g/mol. The van der Waals surface area contributed by atoms with Gasteiger partial charge >= 0.3 is 11.9 Å². The van der Waals surface area contributed by atoms with Gasteiger partial charge in [-0.05, 0) is 11.5 Å². The van der Waals surface area contributed by atoms with E-state index >= 15 is 0 Å². The van der Waals surface area contributed by atoms with Crippen LogP contribution in [0.1, 0.15) is 6.92 Å². The fourth-order valence-electron chi connectivity index (χ4n) is 1.47. The molecule has 88 valence electrons. The molecular weight excluding hydrogens is 226 g/mol. The normalized spacial score (nSPS) is 11.5. The second kappa shape index (κ2) is 4.13. The van der Waals surface area contributed by atoms with Crippen molar-refractivity contribution < 1.29 is 18.3 Å². The van der Waals surface area contributed by atoms with E-state index in [0.29, 0.717) is 12.3 Å². The summed E-state index contributed by atoms with van der Waals surface area (Å²) in [5.74, 6) is -4.89. The largest absolute Gasteiger partial charge is 0.421 e. The van der Waals surface area contributed by atoms with Crippen LogP contribution < -0.4 is 4.74 Å². The van der Waals surface area contributed by atoms with Gasteiger partial charge in [0.25, 0.3) is 0 Å². The summed E-state index contributed by atoms with van der Waals surface area (Å²) in [5, 5.41) is 1.46. The molecule has 0 amide bonds. The van der Waals surface area contributed by atoms with Crippen LogP contribution in [0, 0.1) is 0 Å². The first-order chi connectivity index (χ1) is 7.98. The smallest absolute Gasteiger partial charge is 0.382 e. The Kier molecular flexibility index (Phi) is 2.79. The van der Waals surface area contributed by atoms with Crippen LogP contribution >= 0.6 is 0 Å². The lowest BCUT2D eigenvalue weighted by Crippen LogP contribution is -2.29. The van der Waals surface area contributed by atoms with Crippen molar-refractivity contribution >= 4 is 16.7 Å². The molecule has 0 saturated heterocycles. The van der Waals surface area contributed by atoms with Crippen LogP contribution in [0.3, 0.4) is 0 Å². The Morgan fingerprint density at radius 3 is 2.47 bits per heavy atom. The number of alkyl halides is 2. The third-order valence-electron chi connectivity index (χ3n) is 2.31. The Balaban J connectivity index is 2.40. The zero-order valence-corrected chi connectivity index (χ0v) is 9.11. The highest BCUT2D eigenvalue weighted by molar-refractivity contribution is 5.91. The van der Waals surface area contributed by atoms with Crippen molar-refractivity contribution in [3.05, 3.63) is 42.5 Å². The highest BCUT2D eigenvalue weighted by Crippen LogP contribution is 2.27. The molecule has 4 heteroatoms. The average Bonchev–Trinajstić information content (AvgIpc) is 2.28. The predicted octanol–water partition coefficient (Wildman–Crippen LogP) is 3.40. The van der Waals surface area contributed by atoms with Gasteiger partial charge in [-0.25, -0.2) is 4.79 Å². The quantitative estimate of drug-likeness (QED) is 0.590. The Morgan fingerprint density at radius 2 is 1.76 bits per heavy atom. The van der Waals surface area contributed by atoms with Gasteiger partial charge in [0.15, 0.2) is 0 Å². The molecule has 2 aromatic rings. The van der Waals surface area contributed by atoms with Crippen molar-refractivity contribution in [1.82, 2.24) is 0 Å². The number of carbonyl (C=O) groups is 1. The summed E-state index contributed by atoms with van der Waals surface area (Å²) in [6.07, 6.45) is 0. The summed E-state index contributed by atoms with van der Waals surface area (Å²) in [6.45, 7) is 0.514. The minimum Gasteiger partial charge on any atom is -0.421 e. The fourth-order valence-corrected chi connectivity index (χ4v) is 1.47. The molecule has 0 spiro atoms. The van der Waals surface area contributed by atoms with E-state index in [9.17, 15) is 13.6 Å². The maximum absolute atomic E-state index is 12.7. The van der Waals surface area contributed by atoms with Crippen LogP contribution in [0.15, 0.2) is 42.5 Å². The lowest BCUT2D eigenvalue weighted by molar-refractivity contribution is -0.158. The predicted molar refractivity (Wildman–Crippen MR) is 60.2 cm³/mol. The molecule has 0 aliphatic carbocycles. The molecule has 0 aromatic heterocycles. The summed E-state index contributed by atoms with van der Waals surface area (Å²) in [7, 11) is 0. The third kappa shape index (κ3) is 2.41. The van der Waals surface area contributed by atoms with Gasteiger partial charge in [0.1, 0.15) is 5.75 Å². The summed E-state index contributed by atoms with van der Waals surface area (Å²) in [4.78, 5) is 11.1. The van der Waals surface area contributed by atoms with E-state index in [2.05, 4.69) is 0 Å². The Hall–Kier alpha value is -1.97. The Bertz CT molecular complexity index is 553. The molecule has 0 aliphatic rings. The number of fused-ring (bicyclic) bond motifs is 1. The molecule has 0 aliphatic heterocycles. The van der Waals surface area contributed by atoms with Gasteiger partial charge in [0.05, 0.1) is 0 Å². The van der Waals surface area contributed by atoms with Gasteiger partial charge in [-0.3, -0.25) is 0 Å². The first-order valence-electron chi connectivity index (χ1n) is 5.06. The van der Waals surface area contributed by atoms with Gasteiger partial charge < -0.3 is 4.74 Å². The van der Waals surface area contributed by atoms with Crippen LogP contribution in [-0.4, -0.2) is 11.9 Å². The molecule has 2 aromatic carbocycles. The van der Waals surface area contributed by atoms with Crippen LogP contribution in [0.2, 0.25) is 0 Å². The summed E-state index contributed by atoms with van der Waals surface area (Å²) < 4.78 is 30.2. The number of halogens is 2. The molecule has 0 saturated carbocycles. The summed E-state index contributed by atoms with van der Waals surface area (Å²) in [6, 6.07) is 12.1. The van der Waals surface area contributed by atoms with Gasteiger partial charge in [0, 0.05) is 12.3 Å². The number of carbonyl (C=O) groups excluding carboxylic acids is 1. The maximum atomic E-state index is 12.7. The SMILES string of the molecule is CC(F)(F)C(=O)Oc1cccc2ccccc12. The summed E-state index contributed by atoms with van der Waals surface area (Å²) in [5.41, 5.74) is 0. The maximum Gasteiger partial charge on any atom is 0.382 e. The van der Waals surface area contributed by atoms with Crippen molar-refractivity contribution in [1.29, 1.82) is 0 Å². The Morgan fingerprint density at radius 1 is 1.12 bits per heavy atom. The van der Waals surface area contributed by atoms with Gasteiger partial charge in [-0.1, -0.05) is 36.4 Å². The fraction of sp³-hybridized carbons (Fsp3) is 0.154. The molecule has 2 rings (SSSR count). The van der Waals surface area contributed by atoms with E-state index in [-0.39, 0.29) is 5.75 Å². The molecule has 0 fully saturated rings. The van der Waals surface area contributed by atoms with Crippen LogP contribution in [-0.2, 0) is 4.79 Å². The van der Waals surface area contributed by atoms with Crippen LogP contribution in [0.25, 0.3) is 10.8 Å². The van der Waals surface area contributed by atoms with Crippen LogP contribution in [0.4, 0.5) is 8.78 Å². The van der Waals surface area contributed by atoms with Gasteiger partial charge in [-0.15, -0.1) is 0 Å². The van der Waals surface area contributed by atoms with E-state index in [1.165, 1.54) is 6.07 Å². The third-order valence-corrected chi connectivity index (χ3v) is 2.31.